The molecule has 1 aliphatic carbocycles. The molecule has 6 nitrogen and oxygen atoms in total. The van der Waals surface area contributed by atoms with Crippen LogP contribution >= 0.6 is 27.3 Å². The molecule has 1 saturated carbocycles. The number of hydrogen-bond acceptors (Lipinski definition) is 5. The van der Waals surface area contributed by atoms with Gasteiger partial charge in [0.15, 0.2) is 10.8 Å². The van der Waals surface area contributed by atoms with Gasteiger partial charge >= 0.3 is 0 Å². The number of rotatable bonds is 2. The molecule has 0 saturated heterocycles. The van der Waals surface area contributed by atoms with Crippen molar-refractivity contribution in [2.45, 2.75) is 51.4 Å². The summed E-state index contributed by atoms with van der Waals surface area (Å²) in [4.78, 5) is 0.837. The van der Waals surface area contributed by atoms with Gasteiger partial charge < -0.3 is 0 Å². The van der Waals surface area contributed by atoms with Gasteiger partial charge in [-0.3, -0.25) is 5.10 Å². The third-order valence-corrected chi connectivity index (χ3v) is 5.82. The van der Waals surface area contributed by atoms with E-state index in [-0.39, 0.29) is 5.41 Å². The van der Waals surface area contributed by atoms with Crippen LogP contribution in [0.5, 0.6) is 0 Å². The summed E-state index contributed by atoms with van der Waals surface area (Å²) in [7, 11) is 0. The quantitative estimate of drug-likeness (QED) is 0.731. The molecule has 8 heteroatoms. The van der Waals surface area contributed by atoms with E-state index in [0.29, 0.717) is 5.92 Å². The summed E-state index contributed by atoms with van der Waals surface area (Å²) in [5.74, 6) is 1.50. The molecular weight excluding hydrogens is 364 g/mol. The predicted molar refractivity (Wildman–Crippen MR) is 89.2 cm³/mol. The maximum absolute atomic E-state index is 4.70. The van der Waals surface area contributed by atoms with E-state index in [9.17, 15) is 0 Å². The number of fused-ring (bicyclic) bond motifs is 1. The van der Waals surface area contributed by atoms with Crippen LogP contribution in [-0.2, 0) is 5.41 Å². The first-order valence-corrected chi connectivity index (χ1v) is 9.03. The molecule has 0 aromatic carbocycles. The molecule has 0 radical (unpaired) electrons. The van der Waals surface area contributed by atoms with Crippen LogP contribution in [0.15, 0.2) is 4.47 Å². The summed E-state index contributed by atoms with van der Waals surface area (Å²) < 4.78 is 2.87. The average molecular weight is 381 g/mol. The minimum absolute atomic E-state index is 0.000136. The Morgan fingerprint density at radius 1 is 1.27 bits per heavy atom. The van der Waals surface area contributed by atoms with Crippen LogP contribution < -0.4 is 0 Å². The van der Waals surface area contributed by atoms with Crippen molar-refractivity contribution in [1.29, 1.82) is 0 Å². The predicted octanol–water partition coefficient (Wildman–Crippen LogP) is 3.90. The van der Waals surface area contributed by atoms with Gasteiger partial charge in [-0.2, -0.15) is 14.7 Å². The van der Waals surface area contributed by atoms with Crippen LogP contribution in [0.25, 0.3) is 15.7 Å². The Hall–Kier alpha value is -1.28. The Morgan fingerprint density at radius 2 is 2.05 bits per heavy atom. The van der Waals surface area contributed by atoms with Crippen molar-refractivity contribution in [1.82, 2.24) is 30.0 Å². The zero-order valence-electron chi connectivity index (χ0n) is 12.7. The van der Waals surface area contributed by atoms with Crippen molar-refractivity contribution < 1.29 is 0 Å². The topological polar surface area (TPSA) is 71.8 Å². The fourth-order valence-electron chi connectivity index (χ4n) is 2.62. The summed E-state index contributed by atoms with van der Waals surface area (Å²) in [6, 6.07) is 0. The molecule has 3 heterocycles. The molecule has 3 aromatic heterocycles. The first-order valence-electron chi connectivity index (χ1n) is 7.42. The molecule has 22 heavy (non-hydrogen) atoms. The first kappa shape index (κ1) is 14.3. The first-order chi connectivity index (χ1) is 10.4. The van der Waals surface area contributed by atoms with E-state index in [1.807, 2.05) is 4.52 Å². The monoisotopic (exact) mass is 380 g/mol. The number of nitrogens with zero attached hydrogens (tertiary/aromatic N) is 5. The van der Waals surface area contributed by atoms with Gasteiger partial charge in [-0.25, -0.2) is 0 Å². The molecule has 4 rings (SSSR count). The van der Waals surface area contributed by atoms with Crippen molar-refractivity contribution >= 4 is 32.2 Å². The largest absolute Gasteiger partial charge is 0.280 e. The summed E-state index contributed by atoms with van der Waals surface area (Å²) in [5, 5.41) is 21.7. The molecule has 0 unspecified atom stereocenters. The van der Waals surface area contributed by atoms with Crippen LogP contribution in [0.4, 0.5) is 0 Å². The highest BCUT2D eigenvalue weighted by Crippen LogP contribution is 2.39. The Morgan fingerprint density at radius 3 is 2.64 bits per heavy atom. The molecular formula is C14H17BrN6S. The SMILES string of the molecule is CC(C)(C)c1[nH]nc(-c2nn3c(C4CCC4)nnc3s2)c1Br. The highest BCUT2D eigenvalue weighted by atomic mass is 79.9. The number of aromatic amines is 1. The molecule has 0 aliphatic heterocycles. The standard InChI is InChI=1S/C14H17BrN6S/c1-14(2,3)10-8(15)9(16-17-10)12-20-21-11(7-5-4-6-7)18-19-13(21)22-12/h7H,4-6H2,1-3H3,(H,16,17). The number of aromatic nitrogens is 6. The lowest BCUT2D eigenvalue weighted by Gasteiger charge is -2.22. The molecule has 1 N–H and O–H groups in total. The van der Waals surface area contributed by atoms with Crippen molar-refractivity contribution in [3.05, 3.63) is 16.0 Å². The number of H-pyrrole nitrogens is 1. The maximum Gasteiger partial charge on any atom is 0.235 e. The fraction of sp³-hybridized carbons (Fsp3) is 0.571. The summed E-state index contributed by atoms with van der Waals surface area (Å²) in [6.45, 7) is 6.47. The van der Waals surface area contributed by atoms with Crippen LogP contribution in [-0.4, -0.2) is 30.0 Å². The molecule has 0 spiro atoms. The van der Waals surface area contributed by atoms with Crippen molar-refractivity contribution in [3.63, 3.8) is 0 Å². The van der Waals surface area contributed by atoms with Crippen molar-refractivity contribution in [3.8, 4) is 10.7 Å². The highest BCUT2D eigenvalue weighted by Gasteiger charge is 2.28. The second kappa shape index (κ2) is 4.86. The summed E-state index contributed by atoms with van der Waals surface area (Å²) >= 11 is 5.20. The third kappa shape index (κ3) is 2.11. The molecule has 1 fully saturated rings. The smallest absolute Gasteiger partial charge is 0.235 e. The maximum atomic E-state index is 4.70. The Kier molecular flexibility index (Phi) is 3.16. The van der Waals surface area contributed by atoms with Crippen LogP contribution in [0.3, 0.4) is 0 Å². The Balaban J connectivity index is 1.78. The van der Waals surface area contributed by atoms with Gasteiger partial charge in [-0.1, -0.05) is 38.5 Å². The van der Waals surface area contributed by atoms with E-state index in [0.717, 1.165) is 31.7 Å². The molecule has 3 aromatic rings. The van der Waals surface area contributed by atoms with Gasteiger partial charge in [0.1, 0.15) is 5.69 Å². The van der Waals surface area contributed by atoms with Gasteiger partial charge in [-0.05, 0) is 28.8 Å². The van der Waals surface area contributed by atoms with Crippen molar-refractivity contribution in [2.24, 2.45) is 0 Å². The van der Waals surface area contributed by atoms with E-state index in [4.69, 9.17) is 5.10 Å². The van der Waals surface area contributed by atoms with E-state index in [2.05, 4.69) is 57.1 Å². The van der Waals surface area contributed by atoms with Gasteiger partial charge in [-0.15, -0.1) is 10.2 Å². The average Bonchev–Trinajstić information content (AvgIpc) is 3.01. The van der Waals surface area contributed by atoms with Gasteiger partial charge in [0, 0.05) is 11.3 Å². The molecule has 116 valence electrons. The highest BCUT2D eigenvalue weighted by molar-refractivity contribution is 9.10. The van der Waals surface area contributed by atoms with Gasteiger partial charge in [0.25, 0.3) is 0 Å². The minimum atomic E-state index is 0.000136. The van der Waals surface area contributed by atoms with E-state index in [1.165, 1.54) is 30.6 Å². The zero-order valence-corrected chi connectivity index (χ0v) is 15.1. The van der Waals surface area contributed by atoms with Crippen LogP contribution in [0.1, 0.15) is 57.5 Å². The van der Waals surface area contributed by atoms with E-state index in [1.54, 1.807) is 0 Å². The third-order valence-electron chi connectivity index (χ3n) is 4.14. The van der Waals surface area contributed by atoms with Gasteiger partial charge in [0.2, 0.25) is 4.96 Å². The van der Waals surface area contributed by atoms with Crippen LogP contribution in [0.2, 0.25) is 0 Å². The second-order valence-corrected chi connectivity index (χ2v) is 8.55. The van der Waals surface area contributed by atoms with E-state index < -0.39 is 0 Å². The molecule has 0 bridgehead atoms. The van der Waals surface area contributed by atoms with E-state index >= 15 is 0 Å². The lowest BCUT2D eigenvalue weighted by atomic mass is 9.85. The second-order valence-electron chi connectivity index (χ2n) is 6.80. The number of hydrogen-bond donors (Lipinski definition) is 1. The lowest BCUT2D eigenvalue weighted by molar-refractivity contribution is 0.395. The molecule has 1 aliphatic rings. The normalized spacial score (nSPS) is 16.4. The van der Waals surface area contributed by atoms with Crippen molar-refractivity contribution in [2.75, 3.05) is 0 Å². The molecule has 0 atom stereocenters. The molecule has 0 amide bonds. The Labute approximate surface area is 140 Å². The summed E-state index contributed by atoms with van der Waals surface area (Å²) in [5.41, 5.74) is 1.92. The zero-order chi connectivity index (χ0) is 15.5. The van der Waals surface area contributed by atoms with Crippen LogP contribution in [0, 0.1) is 0 Å². The number of nitrogens with one attached hydrogen (secondary N) is 1. The fourth-order valence-corrected chi connectivity index (χ4v) is 4.55. The minimum Gasteiger partial charge on any atom is -0.280 e. The summed E-state index contributed by atoms with van der Waals surface area (Å²) in [6.07, 6.45) is 3.65. The lowest BCUT2D eigenvalue weighted by Crippen LogP contribution is -2.13. The Bertz CT molecular complexity index is 835. The van der Waals surface area contributed by atoms with Gasteiger partial charge in [0.05, 0.1) is 10.2 Å². The number of halogens is 1.